The molecule has 2 nitrogen and oxygen atoms in total. The van der Waals surface area contributed by atoms with Crippen molar-refractivity contribution in [2.75, 3.05) is 17.2 Å². The fourth-order valence-corrected chi connectivity index (χ4v) is 2.88. The highest BCUT2D eigenvalue weighted by atomic mass is 19.1. The van der Waals surface area contributed by atoms with Crippen LogP contribution in [0.4, 0.5) is 15.8 Å². The maximum Gasteiger partial charge on any atom is 0.128 e. The number of halogens is 1. The number of hydrogen-bond donors (Lipinski definition) is 1. The van der Waals surface area contributed by atoms with Gasteiger partial charge in [-0.15, -0.1) is 0 Å². The van der Waals surface area contributed by atoms with Crippen LogP contribution in [0.2, 0.25) is 0 Å². The molecule has 3 heteroatoms. The Morgan fingerprint density at radius 1 is 1.39 bits per heavy atom. The average Bonchev–Trinajstić information content (AvgIpc) is 2.35. The third kappa shape index (κ3) is 2.60. The number of anilines is 2. The molecule has 1 aromatic rings. The van der Waals surface area contributed by atoms with Gasteiger partial charge in [0.05, 0.1) is 11.4 Å². The zero-order valence-corrected chi connectivity index (χ0v) is 11.4. The first-order chi connectivity index (χ1) is 8.63. The molecule has 1 saturated heterocycles. The summed E-state index contributed by atoms with van der Waals surface area (Å²) >= 11 is 0. The largest absolute Gasteiger partial charge is 0.397 e. The van der Waals surface area contributed by atoms with Crippen molar-refractivity contribution < 1.29 is 4.39 Å². The number of nitrogens with two attached hydrogens (primary N) is 1. The molecule has 0 spiro atoms. The first-order valence-corrected chi connectivity index (χ1v) is 6.95. The van der Waals surface area contributed by atoms with E-state index in [1.54, 1.807) is 6.92 Å². The van der Waals surface area contributed by atoms with E-state index in [1.165, 1.54) is 38.2 Å². The van der Waals surface area contributed by atoms with Crippen LogP contribution in [0.25, 0.3) is 0 Å². The first kappa shape index (κ1) is 13.2. The SMILES string of the molecule is CCCC1CCCCN1c1cc(C)c(F)cc1N. The Hall–Kier alpha value is -1.25. The standard InChI is InChI=1S/C15H23FN2/c1-3-6-12-7-4-5-8-18(12)15-9-11(2)13(16)10-14(15)17/h9-10,12H,3-8,17H2,1-2H3. The van der Waals surface area contributed by atoms with Gasteiger partial charge in [0, 0.05) is 12.6 Å². The fourth-order valence-electron chi connectivity index (χ4n) is 2.88. The number of benzene rings is 1. The summed E-state index contributed by atoms with van der Waals surface area (Å²) in [7, 11) is 0. The minimum absolute atomic E-state index is 0.208. The summed E-state index contributed by atoms with van der Waals surface area (Å²) in [6.45, 7) is 5.06. The third-order valence-electron chi connectivity index (χ3n) is 3.87. The molecule has 1 unspecified atom stereocenters. The van der Waals surface area contributed by atoms with Gasteiger partial charge in [-0.1, -0.05) is 13.3 Å². The van der Waals surface area contributed by atoms with E-state index in [4.69, 9.17) is 5.73 Å². The lowest BCUT2D eigenvalue weighted by Gasteiger charge is -2.38. The van der Waals surface area contributed by atoms with Gasteiger partial charge in [-0.25, -0.2) is 4.39 Å². The van der Waals surface area contributed by atoms with Crippen molar-refractivity contribution in [2.24, 2.45) is 0 Å². The molecule has 0 radical (unpaired) electrons. The van der Waals surface area contributed by atoms with E-state index in [9.17, 15) is 4.39 Å². The van der Waals surface area contributed by atoms with Crippen LogP contribution in [0, 0.1) is 12.7 Å². The van der Waals surface area contributed by atoms with Crippen molar-refractivity contribution in [1.29, 1.82) is 0 Å². The second-order valence-electron chi connectivity index (χ2n) is 5.29. The molecule has 2 rings (SSSR count). The highest BCUT2D eigenvalue weighted by Crippen LogP contribution is 2.33. The van der Waals surface area contributed by atoms with E-state index in [0.29, 0.717) is 17.3 Å². The quantitative estimate of drug-likeness (QED) is 0.825. The van der Waals surface area contributed by atoms with Gasteiger partial charge < -0.3 is 10.6 Å². The molecule has 1 atom stereocenters. The van der Waals surface area contributed by atoms with Crippen molar-refractivity contribution in [3.8, 4) is 0 Å². The van der Waals surface area contributed by atoms with Crippen molar-refractivity contribution in [3.05, 3.63) is 23.5 Å². The van der Waals surface area contributed by atoms with Crippen LogP contribution in [0.15, 0.2) is 12.1 Å². The average molecular weight is 250 g/mol. The highest BCUT2D eigenvalue weighted by Gasteiger charge is 2.23. The predicted octanol–water partition coefficient (Wildman–Crippen LogP) is 3.88. The van der Waals surface area contributed by atoms with E-state index >= 15 is 0 Å². The normalized spacial score (nSPS) is 20.2. The maximum absolute atomic E-state index is 13.5. The molecular formula is C15H23FN2. The zero-order chi connectivity index (χ0) is 13.1. The molecular weight excluding hydrogens is 227 g/mol. The van der Waals surface area contributed by atoms with Gasteiger partial charge in [-0.3, -0.25) is 0 Å². The molecule has 2 N–H and O–H groups in total. The summed E-state index contributed by atoms with van der Waals surface area (Å²) in [5, 5.41) is 0. The monoisotopic (exact) mass is 250 g/mol. The zero-order valence-electron chi connectivity index (χ0n) is 11.4. The van der Waals surface area contributed by atoms with Crippen molar-refractivity contribution in [3.63, 3.8) is 0 Å². The Morgan fingerprint density at radius 3 is 2.89 bits per heavy atom. The van der Waals surface area contributed by atoms with E-state index < -0.39 is 0 Å². The molecule has 0 amide bonds. The minimum Gasteiger partial charge on any atom is -0.397 e. The molecule has 1 aromatic carbocycles. The second-order valence-corrected chi connectivity index (χ2v) is 5.29. The molecule has 1 heterocycles. The number of piperidine rings is 1. The lowest BCUT2D eigenvalue weighted by atomic mass is 9.97. The van der Waals surface area contributed by atoms with Gasteiger partial charge in [0.2, 0.25) is 0 Å². The van der Waals surface area contributed by atoms with Crippen LogP contribution in [-0.2, 0) is 0 Å². The summed E-state index contributed by atoms with van der Waals surface area (Å²) in [6.07, 6.45) is 6.10. The molecule has 0 aromatic heterocycles. The van der Waals surface area contributed by atoms with Crippen LogP contribution < -0.4 is 10.6 Å². The molecule has 1 aliphatic heterocycles. The number of hydrogen-bond acceptors (Lipinski definition) is 2. The minimum atomic E-state index is -0.208. The van der Waals surface area contributed by atoms with Crippen LogP contribution in [0.1, 0.15) is 44.6 Å². The molecule has 18 heavy (non-hydrogen) atoms. The summed E-state index contributed by atoms with van der Waals surface area (Å²) < 4.78 is 13.5. The van der Waals surface area contributed by atoms with E-state index in [1.807, 2.05) is 6.07 Å². The van der Waals surface area contributed by atoms with Crippen LogP contribution in [-0.4, -0.2) is 12.6 Å². The second kappa shape index (κ2) is 5.59. The Balaban J connectivity index is 2.30. The van der Waals surface area contributed by atoms with Crippen LogP contribution in [0.3, 0.4) is 0 Å². The number of nitrogen functional groups attached to an aromatic ring is 1. The van der Waals surface area contributed by atoms with Gasteiger partial charge in [0.25, 0.3) is 0 Å². The summed E-state index contributed by atoms with van der Waals surface area (Å²) in [4.78, 5) is 2.38. The first-order valence-electron chi connectivity index (χ1n) is 6.95. The Labute approximate surface area is 109 Å². The predicted molar refractivity (Wildman–Crippen MR) is 75.4 cm³/mol. The van der Waals surface area contributed by atoms with Gasteiger partial charge in [0.1, 0.15) is 5.82 Å². The van der Waals surface area contributed by atoms with E-state index in [2.05, 4.69) is 11.8 Å². The van der Waals surface area contributed by atoms with Gasteiger partial charge in [-0.2, -0.15) is 0 Å². The van der Waals surface area contributed by atoms with Gasteiger partial charge >= 0.3 is 0 Å². The number of nitrogens with zero attached hydrogens (tertiary/aromatic N) is 1. The van der Waals surface area contributed by atoms with Crippen LogP contribution in [0.5, 0.6) is 0 Å². The number of rotatable bonds is 3. The van der Waals surface area contributed by atoms with Crippen LogP contribution >= 0.6 is 0 Å². The Morgan fingerprint density at radius 2 is 2.17 bits per heavy atom. The molecule has 100 valence electrons. The highest BCUT2D eigenvalue weighted by molar-refractivity contribution is 5.69. The lowest BCUT2D eigenvalue weighted by molar-refractivity contribution is 0.435. The molecule has 1 aliphatic rings. The summed E-state index contributed by atoms with van der Waals surface area (Å²) in [5.41, 5.74) is 8.27. The maximum atomic E-state index is 13.5. The molecule has 0 bridgehead atoms. The topological polar surface area (TPSA) is 29.3 Å². The summed E-state index contributed by atoms with van der Waals surface area (Å²) in [5.74, 6) is -0.208. The fraction of sp³-hybridized carbons (Fsp3) is 0.600. The Bertz CT molecular complexity index is 415. The number of aryl methyl sites for hydroxylation is 1. The van der Waals surface area contributed by atoms with Crippen molar-refractivity contribution in [1.82, 2.24) is 0 Å². The van der Waals surface area contributed by atoms with E-state index in [-0.39, 0.29) is 5.82 Å². The summed E-state index contributed by atoms with van der Waals surface area (Å²) in [6, 6.07) is 3.93. The smallest absolute Gasteiger partial charge is 0.128 e. The van der Waals surface area contributed by atoms with Gasteiger partial charge in [-0.05, 0) is 50.3 Å². The lowest BCUT2D eigenvalue weighted by Crippen LogP contribution is -2.40. The van der Waals surface area contributed by atoms with Crippen molar-refractivity contribution in [2.45, 2.75) is 52.0 Å². The molecule has 0 saturated carbocycles. The third-order valence-corrected chi connectivity index (χ3v) is 3.87. The van der Waals surface area contributed by atoms with Gasteiger partial charge in [0.15, 0.2) is 0 Å². The Kier molecular flexibility index (Phi) is 4.10. The van der Waals surface area contributed by atoms with Crippen molar-refractivity contribution >= 4 is 11.4 Å². The van der Waals surface area contributed by atoms with E-state index in [0.717, 1.165) is 12.2 Å². The molecule has 0 aliphatic carbocycles. The molecule has 1 fully saturated rings.